The first-order valence-corrected chi connectivity index (χ1v) is 15.0. The van der Waals surface area contributed by atoms with Gasteiger partial charge in [0.15, 0.2) is 17.8 Å². The van der Waals surface area contributed by atoms with Crippen LogP contribution in [0.2, 0.25) is 5.02 Å². The molecule has 222 valence electrons. The highest BCUT2D eigenvalue weighted by Crippen LogP contribution is 2.25. The number of amides is 1. The van der Waals surface area contributed by atoms with Gasteiger partial charge < -0.3 is 19.5 Å². The molecule has 10 nitrogen and oxygen atoms in total. The van der Waals surface area contributed by atoms with Crippen molar-refractivity contribution in [2.45, 2.75) is 65.7 Å². The number of nitrogens with zero attached hydrogens (tertiary/aromatic N) is 5. The Morgan fingerprint density at radius 1 is 0.976 bits per heavy atom. The summed E-state index contributed by atoms with van der Waals surface area (Å²) in [6.07, 6.45) is 3.15. The molecule has 0 radical (unpaired) electrons. The molecule has 1 aliphatic heterocycles. The topological polar surface area (TPSA) is 103 Å². The van der Waals surface area contributed by atoms with Crippen molar-refractivity contribution < 1.29 is 9.53 Å². The highest BCUT2D eigenvalue weighted by molar-refractivity contribution is 6.30. The standard InChI is InChI=1S/C31H37ClN6O4/c1-3-14-37-28-27(29(40)38(15-4-2)31(37)41)36-17-6-16-35(30(36)34-28)18-13-22-9-11-25(12-10-22)42-21-26(39)33-20-23-7-5-8-24(32)19-23/h5,7-12,19H,3-4,6,13-18,20-21H2,1-2H3,(H,33,39). The van der Waals surface area contributed by atoms with E-state index in [0.717, 1.165) is 49.4 Å². The number of halogens is 1. The fourth-order valence-electron chi connectivity index (χ4n) is 5.37. The number of carbonyl (C=O) groups excluding carboxylic acids is 1. The monoisotopic (exact) mass is 592 g/mol. The molecule has 0 fully saturated rings. The Kier molecular flexibility index (Phi) is 9.31. The molecule has 1 amide bonds. The van der Waals surface area contributed by atoms with Crippen molar-refractivity contribution in [3.05, 3.63) is 85.5 Å². The van der Waals surface area contributed by atoms with Crippen molar-refractivity contribution in [3.63, 3.8) is 0 Å². The van der Waals surface area contributed by atoms with E-state index in [4.69, 9.17) is 21.3 Å². The fraction of sp³-hybridized carbons (Fsp3) is 0.419. The Morgan fingerprint density at radius 3 is 2.48 bits per heavy atom. The van der Waals surface area contributed by atoms with Gasteiger partial charge in [-0.2, -0.15) is 4.98 Å². The van der Waals surface area contributed by atoms with E-state index in [-0.39, 0.29) is 23.8 Å². The maximum atomic E-state index is 13.4. The average Bonchev–Trinajstić information content (AvgIpc) is 3.39. The number of nitrogens with one attached hydrogen (secondary N) is 1. The van der Waals surface area contributed by atoms with Gasteiger partial charge in [0.25, 0.3) is 11.5 Å². The minimum absolute atomic E-state index is 0.0764. The number of aryl methyl sites for hydroxylation is 2. The first kappa shape index (κ1) is 29.4. The molecule has 42 heavy (non-hydrogen) atoms. The van der Waals surface area contributed by atoms with Crippen LogP contribution in [0.4, 0.5) is 5.95 Å². The molecule has 2 aromatic heterocycles. The Balaban J connectivity index is 1.23. The van der Waals surface area contributed by atoms with Crippen molar-refractivity contribution >= 4 is 34.6 Å². The largest absolute Gasteiger partial charge is 0.484 e. The van der Waals surface area contributed by atoms with Crippen LogP contribution in [0.3, 0.4) is 0 Å². The van der Waals surface area contributed by atoms with E-state index in [9.17, 15) is 14.4 Å². The lowest BCUT2D eigenvalue weighted by Gasteiger charge is -2.29. The van der Waals surface area contributed by atoms with Gasteiger partial charge in [-0.15, -0.1) is 0 Å². The summed E-state index contributed by atoms with van der Waals surface area (Å²) < 4.78 is 10.7. The average molecular weight is 593 g/mol. The number of anilines is 1. The van der Waals surface area contributed by atoms with Crippen LogP contribution in [0.5, 0.6) is 5.75 Å². The molecule has 3 heterocycles. The lowest BCUT2D eigenvalue weighted by molar-refractivity contribution is -0.123. The summed E-state index contributed by atoms with van der Waals surface area (Å²) in [5, 5.41) is 3.46. The van der Waals surface area contributed by atoms with Gasteiger partial charge in [0.1, 0.15) is 5.75 Å². The predicted molar refractivity (Wildman–Crippen MR) is 165 cm³/mol. The quantitative estimate of drug-likeness (QED) is 0.267. The van der Waals surface area contributed by atoms with Crippen molar-refractivity contribution in [1.82, 2.24) is 24.0 Å². The van der Waals surface area contributed by atoms with Gasteiger partial charge in [0.05, 0.1) is 0 Å². The Labute approximate surface area is 249 Å². The zero-order chi connectivity index (χ0) is 29.6. The summed E-state index contributed by atoms with van der Waals surface area (Å²) in [4.78, 5) is 45.8. The molecule has 0 atom stereocenters. The van der Waals surface area contributed by atoms with Crippen LogP contribution >= 0.6 is 11.6 Å². The third-order valence-corrected chi connectivity index (χ3v) is 7.66. The molecule has 2 aromatic carbocycles. The number of ether oxygens (including phenoxy) is 1. The maximum Gasteiger partial charge on any atom is 0.332 e. The number of imidazole rings is 1. The number of rotatable bonds is 12. The van der Waals surface area contributed by atoms with Crippen LogP contribution in [0, 0.1) is 0 Å². The fourth-order valence-corrected chi connectivity index (χ4v) is 5.59. The van der Waals surface area contributed by atoms with E-state index in [1.165, 1.54) is 4.57 Å². The number of aromatic nitrogens is 4. The molecule has 0 saturated carbocycles. The number of hydrogen-bond acceptors (Lipinski definition) is 6. The normalized spacial score (nSPS) is 12.9. The number of carbonyl (C=O) groups is 1. The second-order valence-electron chi connectivity index (χ2n) is 10.6. The van der Waals surface area contributed by atoms with Crippen LogP contribution < -0.4 is 26.2 Å². The summed E-state index contributed by atoms with van der Waals surface area (Å²) in [7, 11) is 0. The lowest BCUT2D eigenvalue weighted by atomic mass is 10.1. The molecule has 0 bridgehead atoms. The molecule has 11 heteroatoms. The van der Waals surface area contributed by atoms with Crippen molar-refractivity contribution in [2.75, 3.05) is 24.6 Å². The van der Waals surface area contributed by atoms with Crippen molar-refractivity contribution in [1.29, 1.82) is 0 Å². The Bertz CT molecular complexity index is 1670. The van der Waals surface area contributed by atoms with E-state index >= 15 is 0 Å². The van der Waals surface area contributed by atoms with Gasteiger partial charge in [-0.3, -0.25) is 18.7 Å². The highest BCUT2D eigenvalue weighted by Gasteiger charge is 2.26. The first-order chi connectivity index (χ1) is 20.4. The minimum Gasteiger partial charge on any atom is -0.484 e. The van der Waals surface area contributed by atoms with E-state index in [1.54, 1.807) is 10.6 Å². The predicted octanol–water partition coefficient (Wildman–Crippen LogP) is 3.98. The molecule has 5 rings (SSSR count). The molecule has 4 aromatic rings. The van der Waals surface area contributed by atoms with E-state index < -0.39 is 0 Å². The van der Waals surface area contributed by atoms with Gasteiger partial charge in [0, 0.05) is 44.3 Å². The Hall–Kier alpha value is -4.05. The molecule has 0 unspecified atom stereocenters. The smallest absolute Gasteiger partial charge is 0.332 e. The van der Waals surface area contributed by atoms with Gasteiger partial charge >= 0.3 is 5.69 Å². The molecule has 0 spiro atoms. The van der Waals surface area contributed by atoms with Crippen LogP contribution in [-0.2, 0) is 37.4 Å². The summed E-state index contributed by atoms with van der Waals surface area (Å²) in [6, 6.07) is 15.1. The van der Waals surface area contributed by atoms with Gasteiger partial charge in [0.2, 0.25) is 5.95 Å². The molecule has 0 aliphatic carbocycles. The summed E-state index contributed by atoms with van der Waals surface area (Å²) in [5.74, 6) is 1.15. The second-order valence-corrected chi connectivity index (χ2v) is 11.0. The highest BCUT2D eigenvalue weighted by atomic mass is 35.5. The first-order valence-electron chi connectivity index (χ1n) is 14.6. The van der Waals surface area contributed by atoms with Crippen LogP contribution in [0.1, 0.15) is 44.2 Å². The van der Waals surface area contributed by atoms with E-state index in [0.29, 0.717) is 54.5 Å². The van der Waals surface area contributed by atoms with Crippen LogP contribution in [0.25, 0.3) is 11.2 Å². The van der Waals surface area contributed by atoms with E-state index in [2.05, 4.69) is 10.2 Å². The SMILES string of the molecule is CCCn1c(=O)c2c(nc3n2CCCN3CCc2ccc(OCC(=O)NCc3cccc(Cl)c3)cc2)n(CCC)c1=O. The molecule has 0 saturated heterocycles. The third kappa shape index (κ3) is 6.38. The third-order valence-electron chi connectivity index (χ3n) is 7.42. The summed E-state index contributed by atoms with van der Waals surface area (Å²) >= 11 is 5.99. The minimum atomic E-state index is -0.279. The van der Waals surface area contributed by atoms with Crippen molar-refractivity contribution in [2.24, 2.45) is 0 Å². The summed E-state index contributed by atoms with van der Waals surface area (Å²) in [6.45, 7) is 7.46. The Morgan fingerprint density at radius 2 is 1.74 bits per heavy atom. The maximum absolute atomic E-state index is 13.4. The zero-order valence-corrected chi connectivity index (χ0v) is 24.9. The van der Waals surface area contributed by atoms with Crippen LogP contribution in [0.15, 0.2) is 58.1 Å². The number of fused-ring (bicyclic) bond motifs is 3. The summed E-state index contributed by atoms with van der Waals surface area (Å²) in [5.41, 5.74) is 2.52. The van der Waals surface area contributed by atoms with Gasteiger partial charge in [-0.05, 0) is 61.1 Å². The van der Waals surface area contributed by atoms with Crippen molar-refractivity contribution in [3.8, 4) is 5.75 Å². The number of hydrogen-bond donors (Lipinski definition) is 1. The molecular weight excluding hydrogens is 556 g/mol. The van der Waals surface area contributed by atoms with Gasteiger partial charge in [-0.25, -0.2) is 4.79 Å². The lowest BCUT2D eigenvalue weighted by Crippen LogP contribution is -2.41. The van der Waals surface area contributed by atoms with Gasteiger partial charge in [-0.1, -0.05) is 49.7 Å². The van der Waals surface area contributed by atoms with Crippen LogP contribution in [-0.4, -0.2) is 44.3 Å². The molecule has 1 N–H and O–H groups in total. The molecular formula is C31H37ClN6O4. The molecule has 1 aliphatic rings. The number of benzene rings is 2. The second kappa shape index (κ2) is 13.3. The van der Waals surface area contributed by atoms with E-state index in [1.807, 2.05) is 60.9 Å². The zero-order valence-electron chi connectivity index (χ0n) is 24.1.